The minimum Gasteiger partial charge on any atom is -0.490 e. The number of hydrogen-bond acceptors (Lipinski definition) is 9. The number of rotatable bonds is 6. The van der Waals surface area contributed by atoms with Crippen molar-refractivity contribution in [2.24, 2.45) is 11.7 Å². The zero-order chi connectivity index (χ0) is 22.9. The number of allylic oxidation sites excluding steroid dienone is 1. The van der Waals surface area contributed by atoms with E-state index >= 15 is 0 Å². The van der Waals surface area contributed by atoms with Crippen molar-refractivity contribution in [1.82, 2.24) is 10.9 Å². The molecule has 2 aromatic carbocycles. The first-order valence-corrected chi connectivity index (χ1v) is 11.0. The molecule has 4 atom stereocenters. The molecule has 172 valence electrons. The van der Waals surface area contributed by atoms with Crippen molar-refractivity contribution in [2.75, 3.05) is 20.0 Å². The average molecular weight is 450 g/mol. The Labute approximate surface area is 192 Å². The number of nitrogens with one attached hydrogen (secondary N) is 2. The van der Waals surface area contributed by atoms with Crippen LogP contribution in [0.25, 0.3) is 0 Å². The van der Waals surface area contributed by atoms with Crippen LogP contribution in [-0.4, -0.2) is 26.2 Å². The first-order chi connectivity index (χ1) is 16.1. The standard InChI is InChI=1S/C24H26N4O5/c1-3-29-16-7-5-13(9-18(16)30-4-2)20-15(11-25)23(26)33-24-21(20)22(27-28-24)14-6-8-17-19(10-14)32-12-31-17/h5-10,20-22,24,27-28H,3-4,12,26H2,1-2H3. The topological polar surface area (TPSA) is 120 Å². The Kier molecular flexibility index (Phi) is 5.62. The van der Waals surface area contributed by atoms with Gasteiger partial charge in [0.15, 0.2) is 29.2 Å². The SMILES string of the molecule is CCOc1ccc(C2C(C#N)=C(N)OC3NNC(c4ccc5c(c4)OCO5)C32)cc1OCC. The molecule has 0 radical (unpaired) electrons. The fourth-order valence-corrected chi connectivity index (χ4v) is 4.75. The molecule has 9 nitrogen and oxygen atoms in total. The summed E-state index contributed by atoms with van der Waals surface area (Å²) in [5, 5.41) is 10.0. The Balaban J connectivity index is 1.58. The Morgan fingerprint density at radius 2 is 1.76 bits per heavy atom. The average Bonchev–Trinajstić information content (AvgIpc) is 3.46. The predicted molar refractivity (Wildman–Crippen MR) is 118 cm³/mol. The Hall–Kier alpha value is -3.61. The summed E-state index contributed by atoms with van der Waals surface area (Å²) in [6, 6.07) is 13.7. The van der Waals surface area contributed by atoms with Gasteiger partial charge in [0.1, 0.15) is 6.07 Å². The maximum absolute atomic E-state index is 10.0. The van der Waals surface area contributed by atoms with Gasteiger partial charge < -0.3 is 29.4 Å². The Bertz CT molecular complexity index is 1130. The third-order valence-corrected chi connectivity index (χ3v) is 6.13. The Morgan fingerprint density at radius 1 is 1.00 bits per heavy atom. The normalized spacial score (nSPS) is 25.2. The molecule has 3 heterocycles. The third-order valence-electron chi connectivity index (χ3n) is 6.13. The largest absolute Gasteiger partial charge is 0.490 e. The van der Waals surface area contributed by atoms with E-state index in [4.69, 9.17) is 29.4 Å². The number of nitrogens with zero attached hydrogens (tertiary/aromatic N) is 1. The van der Waals surface area contributed by atoms with Crippen LogP contribution in [0.15, 0.2) is 47.9 Å². The van der Waals surface area contributed by atoms with Crippen molar-refractivity contribution in [3.8, 4) is 29.1 Å². The van der Waals surface area contributed by atoms with Gasteiger partial charge in [0.2, 0.25) is 12.7 Å². The van der Waals surface area contributed by atoms with E-state index in [1.54, 1.807) is 0 Å². The van der Waals surface area contributed by atoms with Crippen LogP contribution >= 0.6 is 0 Å². The van der Waals surface area contributed by atoms with E-state index in [2.05, 4.69) is 16.9 Å². The van der Waals surface area contributed by atoms with Crippen molar-refractivity contribution in [3.63, 3.8) is 0 Å². The fourth-order valence-electron chi connectivity index (χ4n) is 4.75. The highest BCUT2D eigenvalue weighted by Gasteiger charge is 2.49. The van der Waals surface area contributed by atoms with E-state index < -0.39 is 6.23 Å². The molecule has 4 unspecified atom stereocenters. The summed E-state index contributed by atoms with van der Waals surface area (Å²) in [5.41, 5.74) is 15.0. The molecule has 9 heteroatoms. The fraction of sp³-hybridized carbons (Fsp3) is 0.375. The van der Waals surface area contributed by atoms with E-state index in [1.165, 1.54) is 0 Å². The van der Waals surface area contributed by atoms with Crippen LogP contribution in [0, 0.1) is 17.2 Å². The van der Waals surface area contributed by atoms with E-state index in [-0.39, 0.29) is 30.6 Å². The zero-order valence-corrected chi connectivity index (χ0v) is 18.5. The highest BCUT2D eigenvalue weighted by molar-refractivity contribution is 5.50. The van der Waals surface area contributed by atoms with Crippen LogP contribution in [0.1, 0.15) is 36.9 Å². The number of nitriles is 1. The van der Waals surface area contributed by atoms with Crippen molar-refractivity contribution < 1.29 is 23.7 Å². The lowest BCUT2D eigenvalue weighted by Crippen LogP contribution is -2.41. The van der Waals surface area contributed by atoms with E-state index in [1.807, 2.05) is 50.2 Å². The molecule has 2 aromatic rings. The minimum absolute atomic E-state index is 0.122. The third kappa shape index (κ3) is 3.67. The van der Waals surface area contributed by atoms with Crippen LogP contribution in [0.3, 0.4) is 0 Å². The number of nitrogens with two attached hydrogens (primary N) is 1. The van der Waals surface area contributed by atoms with E-state index in [9.17, 15) is 5.26 Å². The number of benzene rings is 2. The predicted octanol–water partition coefficient (Wildman–Crippen LogP) is 2.81. The van der Waals surface area contributed by atoms with Gasteiger partial charge in [0.25, 0.3) is 0 Å². The lowest BCUT2D eigenvalue weighted by Gasteiger charge is -2.36. The van der Waals surface area contributed by atoms with Gasteiger partial charge in [0.05, 0.1) is 24.8 Å². The molecule has 3 aliphatic heterocycles. The summed E-state index contributed by atoms with van der Waals surface area (Å²) in [6.45, 7) is 5.08. The van der Waals surface area contributed by atoms with Gasteiger partial charge in [-0.05, 0) is 49.2 Å². The molecule has 0 spiro atoms. The van der Waals surface area contributed by atoms with Crippen LogP contribution in [0.2, 0.25) is 0 Å². The molecular formula is C24H26N4O5. The van der Waals surface area contributed by atoms with Crippen molar-refractivity contribution in [3.05, 3.63) is 59.0 Å². The summed E-state index contributed by atoms with van der Waals surface area (Å²) in [6.07, 6.45) is -0.426. The van der Waals surface area contributed by atoms with E-state index in [0.717, 1.165) is 11.1 Å². The maximum Gasteiger partial charge on any atom is 0.231 e. The maximum atomic E-state index is 10.0. The smallest absolute Gasteiger partial charge is 0.231 e. The second kappa shape index (κ2) is 8.73. The van der Waals surface area contributed by atoms with Crippen molar-refractivity contribution in [1.29, 1.82) is 5.26 Å². The Morgan fingerprint density at radius 3 is 2.55 bits per heavy atom. The highest BCUT2D eigenvalue weighted by atomic mass is 16.7. The lowest BCUT2D eigenvalue weighted by atomic mass is 9.74. The summed E-state index contributed by atoms with van der Waals surface area (Å²) in [4.78, 5) is 0. The minimum atomic E-state index is -0.426. The second-order valence-corrected chi connectivity index (χ2v) is 7.93. The van der Waals surface area contributed by atoms with Gasteiger partial charge in [-0.2, -0.15) is 5.26 Å². The molecule has 33 heavy (non-hydrogen) atoms. The first kappa shape index (κ1) is 21.2. The molecule has 0 aromatic heterocycles. The summed E-state index contributed by atoms with van der Waals surface area (Å²) in [7, 11) is 0. The lowest BCUT2D eigenvalue weighted by molar-refractivity contribution is 0.0340. The molecule has 0 bridgehead atoms. The van der Waals surface area contributed by atoms with Crippen molar-refractivity contribution in [2.45, 2.75) is 32.0 Å². The van der Waals surface area contributed by atoms with Crippen LogP contribution in [0.4, 0.5) is 0 Å². The molecular weight excluding hydrogens is 424 g/mol. The van der Waals surface area contributed by atoms with Gasteiger partial charge in [-0.25, -0.2) is 10.9 Å². The zero-order valence-electron chi connectivity index (χ0n) is 18.5. The molecule has 1 fully saturated rings. The number of fused-ring (bicyclic) bond motifs is 2. The van der Waals surface area contributed by atoms with Crippen LogP contribution in [-0.2, 0) is 4.74 Å². The number of hydrogen-bond donors (Lipinski definition) is 3. The summed E-state index contributed by atoms with van der Waals surface area (Å²) >= 11 is 0. The van der Waals surface area contributed by atoms with Gasteiger partial charge in [0, 0.05) is 11.8 Å². The molecule has 4 N–H and O–H groups in total. The second-order valence-electron chi connectivity index (χ2n) is 7.93. The molecule has 0 aliphatic carbocycles. The van der Waals surface area contributed by atoms with Gasteiger partial charge in [-0.15, -0.1) is 0 Å². The summed E-state index contributed by atoms with van der Waals surface area (Å²) in [5.74, 6) is 2.33. The van der Waals surface area contributed by atoms with Gasteiger partial charge >= 0.3 is 0 Å². The molecule has 3 aliphatic rings. The quantitative estimate of drug-likeness (QED) is 0.610. The monoisotopic (exact) mass is 450 g/mol. The van der Waals surface area contributed by atoms with E-state index in [0.29, 0.717) is 41.8 Å². The highest BCUT2D eigenvalue weighted by Crippen LogP contribution is 2.49. The number of hydrazine groups is 1. The molecule has 0 saturated carbocycles. The first-order valence-electron chi connectivity index (χ1n) is 11.0. The van der Waals surface area contributed by atoms with Gasteiger partial charge in [-0.3, -0.25) is 0 Å². The van der Waals surface area contributed by atoms with Gasteiger partial charge in [-0.1, -0.05) is 12.1 Å². The number of ether oxygens (including phenoxy) is 5. The molecule has 1 saturated heterocycles. The van der Waals surface area contributed by atoms with Crippen LogP contribution < -0.4 is 35.5 Å². The van der Waals surface area contributed by atoms with Crippen LogP contribution in [0.5, 0.6) is 23.0 Å². The molecule has 0 amide bonds. The molecule has 5 rings (SSSR count). The summed E-state index contributed by atoms with van der Waals surface area (Å²) < 4.78 is 28.5. The van der Waals surface area contributed by atoms with Crippen molar-refractivity contribution >= 4 is 0 Å².